The lowest BCUT2D eigenvalue weighted by atomic mass is 10.2. The number of aryl methyl sites for hydroxylation is 1. The van der Waals surface area contributed by atoms with Crippen LogP contribution in [0.1, 0.15) is 18.2 Å². The van der Waals surface area contributed by atoms with E-state index < -0.39 is 28.6 Å². The Morgan fingerprint density at radius 1 is 1.29 bits per heavy atom. The van der Waals surface area contributed by atoms with Crippen molar-refractivity contribution < 1.29 is 22.4 Å². The molecule has 2 aromatic heterocycles. The van der Waals surface area contributed by atoms with Crippen molar-refractivity contribution >= 4 is 27.1 Å². The van der Waals surface area contributed by atoms with Crippen LogP contribution >= 0.6 is 0 Å². The Bertz CT molecular complexity index is 1100. The number of nitrogens with two attached hydrogens (primary N) is 1. The monoisotopic (exact) mass is 405 g/mol. The van der Waals surface area contributed by atoms with Gasteiger partial charge in [-0.1, -0.05) is 17.7 Å². The van der Waals surface area contributed by atoms with E-state index in [0.717, 1.165) is 5.56 Å². The van der Waals surface area contributed by atoms with Crippen molar-refractivity contribution in [3.05, 3.63) is 42.5 Å². The van der Waals surface area contributed by atoms with E-state index in [1.807, 2.05) is 6.92 Å². The number of benzene rings is 1. The Labute approximate surface area is 161 Å². The Kier molecular flexibility index (Phi) is 4.75. The largest absolute Gasteiger partial charge is 0.390 e. The number of ether oxygens (including phenoxy) is 1. The normalized spacial score (nSPS) is 22.7. The molecule has 0 saturated carbocycles. The van der Waals surface area contributed by atoms with Crippen LogP contribution in [0.3, 0.4) is 0 Å². The smallest absolute Gasteiger partial charge is 0.297 e. The average Bonchev–Trinajstić information content (AvgIpc) is 3.25. The molecule has 3 heterocycles. The van der Waals surface area contributed by atoms with Gasteiger partial charge in [-0.3, -0.25) is 8.75 Å². The van der Waals surface area contributed by atoms with Crippen molar-refractivity contribution in [2.45, 2.75) is 36.7 Å². The maximum Gasteiger partial charge on any atom is 0.297 e. The quantitative estimate of drug-likeness (QED) is 0.588. The van der Waals surface area contributed by atoms with E-state index in [4.69, 9.17) is 14.7 Å². The van der Waals surface area contributed by atoms with Gasteiger partial charge in [0, 0.05) is 6.42 Å². The number of imidazole rings is 1. The molecular formula is C17H19N5O5S. The molecule has 0 bridgehead atoms. The van der Waals surface area contributed by atoms with Gasteiger partial charge < -0.3 is 15.6 Å². The SMILES string of the molecule is Cc1ccc(S(=O)(=O)OC[C@@H]2O[C@@H](n3cnc4c(N)ncnc43)CC2O)cc1. The van der Waals surface area contributed by atoms with Crippen LogP contribution in [0.2, 0.25) is 0 Å². The van der Waals surface area contributed by atoms with Gasteiger partial charge in [0.15, 0.2) is 11.5 Å². The summed E-state index contributed by atoms with van der Waals surface area (Å²) in [7, 11) is -3.95. The molecule has 1 aliphatic heterocycles. The average molecular weight is 405 g/mol. The summed E-state index contributed by atoms with van der Waals surface area (Å²) in [4.78, 5) is 12.3. The first kappa shape index (κ1) is 18.7. The van der Waals surface area contributed by atoms with E-state index in [9.17, 15) is 13.5 Å². The molecule has 3 N–H and O–H groups in total. The highest BCUT2D eigenvalue weighted by Gasteiger charge is 2.37. The number of aromatic nitrogens is 4. The summed E-state index contributed by atoms with van der Waals surface area (Å²) in [5.74, 6) is 0.242. The number of nitrogen functional groups attached to an aromatic ring is 1. The third-order valence-electron chi connectivity index (χ3n) is 4.60. The summed E-state index contributed by atoms with van der Waals surface area (Å²) in [6.07, 6.45) is 0.741. The van der Waals surface area contributed by atoms with Crippen LogP contribution in [0.4, 0.5) is 5.82 Å². The van der Waals surface area contributed by atoms with Gasteiger partial charge in [-0.15, -0.1) is 0 Å². The maximum absolute atomic E-state index is 12.3. The molecule has 0 aliphatic carbocycles. The first-order valence-corrected chi connectivity index (χ1v) is 9.98. The highest BCUT2D eigenvalue weighted by Crippen LogP contribution is 2.32. The van der Waals surface area contributed by atoms with Crippen molar-refractivity contribution in [2.75, 3.05) is 12.3 Å². The first-order valence-electron chi connectivity index (χ1n) is 8.58. The topological polar surface area (TPSA) is 142 Å². The second kappa shape index (κ2) is 7.09. The predicted molar refractivity (Wildman–Crippen MR) is 98.6 cm³/mol. The molecule has 10 nitrogen and oxygen atoms in total. The number of aliphatic hydroxyl groups is 1. The second-order valence-electron chi connectivity index (χ2n) is 6.57. The molecule has 0 amide bonds. The molecule has 0 spiro atoms. The molecule has 1 fully saturated rings. The fraction of sp³-hybridized carbons (Fsp3) is 0.353. The number of aliphatic hydroxyl groups excluding tert-OH is 1. The summed E-state index contributed by atoms with van der Waals surface area (Å²) >= 11 is 0. The molecule has 0 radical (unpaired) electrons. The zero-order chi connectivity index (χ0) is 19.9. The lowest BCUT2D eigenvalue weighted by Gasteiger charge is -2.16. The van der Waals surface area contributed by atoms with Crippen LogP contribution in [0.5, 0.6) is 0 Å². The fourth-order valence-corrected chi connectivity index (χ4v) is 3.97. The third-order valence-corrected chi connectivity index (χ3v) is 5.89. The Balaban J connectivity index is 1.47. The van der Waals surface area contributed by atoms with E-state index in [1.165, 1.54) is 24.8 Å². The molecule has 1 saturated heterocycles. The summed E-state index contributed by atoms with van der Waals surface area (Å²) in [5.41, 5.74) is 7.62. The summed E-state index contributed by atoms with van der Waals surface area (Å²) in [6.45, 7) is 1.55. The molecule has 148 valence electrons. The minimum atomic E-state index is -3.95. The van der Waals surface area contributed by atoms with Crippen molar-refractivity contribution in [1.29, 1.82) is 0 Å². The number of rotatable bonds is 5. The van der Waals surface area contributed by atoms with E-state index in [2.05, 4.69) is 15.0 Å². The lowest BCUT2D eigenvalue weighted by molar-refractivity contribution is -0.0371. The molecule has 3 aromatic rings. The van der Waals surface area contributed by atoms with Crippen LogP contribution in [0, 0.1) is 6.92 Å². The lowest BCUT2D eigenvalue weighted by Crippen LogP contribution is -2.28. The molecule has 1 unspecified atom stereocenters. The number of hydrogen-bond acceptors (Lipinski definition) is 9. The highest BCUT2D eigenvalue weighted by molar-refractivity contribution is 7.86. The van der Waals surface area contributed by atoms with Gasteiger partial charge in [-0.25, -0.2) is 15.0 Å². The van der Waals surface area contributed by atoms with E-state index in [-0.39, 0.29) is 23.7 Å². The first-order chi connectivity index (χ1) is 13.3. The second-order valence-corrected chi connectivity index (χ2v) is 8.18. The van der Waals surface area contributed by atoms with E-state index in [0.29, 0.717) is 11.2 Å². The summed E-state index contributed by atoms with van der Waals surface area (Å²) in [5, 5.41) is 10.3. The minimum Gasteiger partial charge on any atom is -0.390 e. The standard InChI is InChI=1S/C17H19N5O5S/c1-10-2-4-11(5-3-10)28(24,25)26-7-13-12(23)6-14(27-13)22-9-21-15-16(18)19-8-20-17(15)22/h2-5,8-9,12-14,23H,6-7H2,1H3,(H2,18,19,20)/t12?,13-,14+/m0/s1. The van der Waals surface area contributed by atoms with Gasteiger partial charge in [0.2, 0.25) is 0 Å². The maximum atomic E-state index is 12.3. The molecule has 4 rings (SSSR count). The Morgan fingerprint density at radius 2 is 2.04 bits per heavy atom. The van der Waals surface area contributed by atoms with E-state index in [1.54, 1.807) is 16.7 Å². The van der Waals surface area contributed by atoms with Crippen LogP contribution < -0.4 is 5.73 Å². The Hall–Kier alpha value is -2.60. The number of nitrogens with zero attached hydrogens (tertiary/aromatic N) is 4. The van der Waals surface area contributed by atoms with Gasteiger partial charge >= 0.3 is 0 Å². The summed E-state index contributed by atoms with van der Waals surface area (Å²) in [6, 6.07) is 6.32. The molecule has 11 heteroatoms. The fourth-order valence-electron chi connectivity index (χ4n) is 3.05. The number of fused-ring (bicyclic) bond motifs is 1. The van der Waals surface area contributed by atoms with Gasteiger partial charge in [-0.2, -0.15) is 8.42 Å². The van der Waals surface area contributed by atoms with Gasteiger partial charge in [-0.05, 0) is 19.1 Å². The van der Waals surface area contributed by atoms with Gasteiger partial charge in [0.1, 0.15) is 24.2 Å². The van der Waals surface area contributed by atoms with Crippen molar-refractivity contribution in [2.24, 2.45) is 0 Å². The minimum absolute atomic E-state index is 0.0508. The van der Waals surface area contributed by atoms with Crippen LogP contribution in [-0.4, -0.2) is 51.9 Å². The van der Waals surface area contributed by atoms with Crippen molar-refractivity contribution in [3.63, 3.8) is 0 Å². The highest BCUT2D eigenvalue weighted by atomic mass is 32.2. The van der Waals surface area contributed by atoms with Crippen LogP contribution in [0.25, 0.3) is 11.2 Å². The zero-order valence-corrected chi connectivity index (χ0v) is 15.8. The van der Waals surface area contributed by atoms with Gasteiger partial charge in [0.05, 0.1) is 23.9 Å². The van der Waals surface area contributed by atoms with Gasteiger partial charge in [0.25, 0.3) is 10.1 Å². The third kappa shape index (κ3) is 3.44. The van der Waals surface area contributed by atoms with E-state index >= 15 is 0 Å². The molecule has 3 atom stereocenters. The molecule has 1 aromatic carbocycles. The number of hydrogen-bond donors (Lipinski definition) is 2. The molecular weight excluding hydrogens is 386 g/mol. The zero-order valence-electron chi connectivity index (χ0n) is 15.0. The predicted octanol–water partition coefficient (Wildman–Crippen LogP) is 0.771. The summed E-state index contributed by atoms with van der Waals surface area (Å²) < 4.78 is 37.2. The molecule has 28 heavy (non-hydrogen) atoms. The number of anilines is 1. The Morgan fingerprint density at radius 3 is 2.79 bits per heavy atom. The molecule has 1 aliphatic rings. The van der Waals surface area contributed by atoms with Crippen molar-refractivity contribution in [3.8, 4) is 0 Å². The van der Waals surface area contributed by atoms with Crippen LogP contribution in [0.15, 0.2) is 41.8 Å². The van der Waals surface area contributed by atoms with Crippen molar-refractivity contribution in [1.82, 2.24) is 19.5 Å². The van der Waals surface area contributed by atoms with Crippen LogP contribution in [-0.2, 0) is 19.0 Å².